The van der Waals surface area contributed by atoms with Crippen LogP contribution in [0.5, 0.6) is 0 Å². The van der Waals surface area contributed by atoms with E-state index in [0.717, 1.165) is 41.5 Å². The molecule has 1 aliphatic rings. The van der Waals surface area contributed by atoms with Gasteiger partial charge in [0.2, 0.25) is 0 Å². The van der Waals surface area contributed by atoms with Gasteiger partial charge in [-0.05, 0) is 28.7 Å². The highest BCUT2D eigenvalue weighted by molar-refractivity contribution is 7.99. The van der Waals surface area contributed by atoms with Crippen molar-refractivity contribution in [2.24, 2.45) is 0 Å². The second kappa shape index (κ2) is 20.9. The Kier molecular flexibility index (Phi) is 16.8. The number of esters is 1. The molecule has 2 N–H and O–H groups in total. The number of hydrogen-bond acceptors (Lipinski definition) is 6. The SMILES string of the molecule is CCCCCCCCCCCCCCCC(=O)OCCSC[C@H](NC(=O)OCC1c2ccccc2-c2ccccc21)C(=O)O. The number of benzene rings is 2. The topological polar surface area (TPSA) is 102 Å². The molecule has 0 bridgehead atoms. The number of carboxylic acids is 1. The number of thioether (sulfide) groups is 1. The van der Waals surface area contributed by atoms with Crippen LogP contribution in [-0.2, 0) is 19.1 Å². The molecular formula is C36H51NO6S. The van der Waals surface area contributed by atoms with Gasteiger partial charge in [0, 0.05) is 23.8 Å². The zero-order valence-electron chi connectivity index (χ0n) is 26.4. The summed E-state index contributed by atoms with van der Waals surface area (Å²) in [6.45, 7) is 2.59. The number of unbranched alkanes of at least 4 members (excludes halogenated alkanes) is 12. The van der Waals surface area contributed by atoms with Crippen LogP contribution < -0.4 is 5.32 Å². The van der Waals surface area contributed by atoms with E-state index in [1.165, 1.54) is 76.0 Å². The smallest absolute Gasteiger partial charge is 0.407 e. The van der Waals surface area contributed by atoms with Gasteiger partial charge in [-0.15, -0.1) is 0 Å². The summed E-state index contributed by atoms with van der Waals surface area (Å²) in [7, 11) is 0. The van der Waals surface area contributed by atoms with Crippen molar-refractivity contribution in [3.05, 3.63) is 59.7 Å². The minimum atomic E-state index is -1.13. The van der Waals surface area contributed by atoms with Gasteiger partial charge in [0.15, 0.2) is 0 Å². The zero-order valence-corrected chi connectivity index (χ0v) is 27.2. The van der Waals surface area contributed by atoms with Gasteiger partial charge in [0.05, 0.1) is 0 Å². The summed E-state index contributed by atoms with van der Waals surface area (Å²) in [5.41, 5.74) is 4.44. The Morgan fingerprint density at radius 1 is 0.773 bits per heavy atom. The summed E-state index contributed by atoms with van der Waals surface area (Å²) in [6, 6.07) is 15.0. The van der Waals surface area contributed by atoms with Crippen LogP contribution in [0.4, 0.5) is 4.79 Å². The second-order valence-electron chi connectivity index (χ2n) is 11.6. The summed E-state index contributed by atoms with van der Waals surface area (Å²) in [5.74, 6) is -0.831. The van der Waals surface area contributed by atoms with Crippen molar-refractivity contribution in [3.8, 4) is 11.1 Å². The molecule has 0 radical (unpaired) electrons. The van der Waals surface area contributed by atoms with Crippen molar-refractivity contribution in [1.29, 1.82) is 0 Å². The van der Waals surface area contributed by atoms with Crippen LogP contribution in [-0.4, -0.2) is 53.9 Å². The van der Waals surface area contributed by atoms with Gasteiger partial charge in [-0.2, -0.15) is 11.8 Å². The molecule has 1 atom stereocenters. The number of carboxylic acid groups (broad SMARTS) is 1. The van der Waals surface area contributed by atoms with Crippen LogP contribution in [0.25, 0.3) is 11.1 Å². The predicted molar refractivity (Wildman–Crippen MR) is 178 cm³/mol. The zero-order chi connectivity index (χ0) is 31.4. The van der Waals surface area contributed by atoms with Gasteiger partial charge in [-0.1, -0.05) is 133 Å². The highest BCUT2D eigenvalue weighted by Gasteiger charge is 2.29. The molecule has 0 spiro atoms. The standard InChI is InChI=1S/C36H51NO6S/c1-2-3-4-5-6-7-8-9-10-11-12-13-14-23-34(38)42-24-25-44-27-33(35(39)40)37-36(41)43-26-32-30-21-17-15-19-28(30)29-20-16-18-22-31(29)32/h15-22,32-33H,2-14,23-27H2,1H3,(H,37,41)(H,39,40)/t33-/m0/s1. The number of amides is 1. The molecule has 0 saturated heterocycles. The molecule has 7 nitrogen and oxygen atoms in total. The summed E-state index contributed by atoms with van der Waals surface area (Å²) in [5, 5.41) is 12.1. The highest BCUT2D eigenvalue weighted by Crippen LogP contribution is 2.44. The van der Waals surface area contributed by atoms with Crippen molar-refractivity contribution < 1.29 is 29.0 Å². The van der Waals surface area contributed by atoms with Crippen LogP contribution in [0.3, 0.4) is 0 Å². The molecule has 0 fully saturated rings. The first-order valence-corrected chi connectivity index (χ1v) is 17.7. The minimum absolute atomic E-state index is 0.0970. The third kappa shape index (κ3) is 12.5. The number of carbonyl (C=O) groups is 3. The monoisotopic (exact) mass is 625 g/mol. The molecule has 3 rings (SSSR count). The number of fused-ring (bicyclic) bond motifs is 3. The first kappa shape index (κ1) is 35.5. The van der Waals surface area contributed by atoms with E-state index in [2.05, 4.69) is 24.4 Å². The number of ether oxygens (including phenoxy) is 2. The van der Waals surface area contributed by atoms with E-state index in [0.29, 0.717) is 12.2 Å². The van der Waals surface area contributed by atoms with Crippen molar-refractivity contribution in [1.82, 2.24) is 5.32 Å². The van der Waals surface area contributed by atoms with Gasteiger partial charge in [-0.25, -0.2) is 9.59 Å². The molecule has 0 unspecified atom stereocenters. The largest absolute Gasteiger partial charge is 0.480 e. The summed E-state index contributed by atoms with van der Waals surface area (Å²) in [4.78, 5) is 36.3. The molecule has 2 aromatic rings. The van der Waals surface area contributed by atoms with Crippen LogP contribution in [0.15, 0.2) is 48.5 Å². The number of nitrogens with one attached hydrogen (secondary N) is 1. The maximum Gasteiger partial charge on any atom is 0.407 e. The maximum absolute atomic E-state index is 12.5. The highest BCUT2D eigenvalue weighted by atomic mass is 32.2. The van der Waals surface area contributed by atoms with Crippen LogP contribution in [0.2, 0.25) is 0 Å². The fourth-order valence-corrected chi connectivity index (χ4v) is 6.56. The number of rotatable bonds is 23. The minimum Gasteiger partial charge on any atom is -0.480 e. The van der Waals surface area contributed by atoms with Gasteiger partial charge >= 0.3 is 18.0 Å². The molecule has 242 valence electrons. The van der Waals surface area contributed by atoms with E-state index in [-0.39, 0.29) is 30.9 Å². The van der Waals surface area contributed by atoms with E-state index in [1.54, 1.807) is 0 Å². The first-order valence-electron chi connectivity index (χ1n) is 16.6. The summed E-state index contributed by atoms with van der Waals surface area (Å²) < 4.78 is 10.8. The lowest BCUT2D eigenvalue weighted by atomic mass is 9.98. The Morgan fingerprint density at radius 2 is 1.30 bits per heavy atom. The van der Waals surface area contributed by atoms with Crippen molar-refractivity contribution in [2.75, 3.05) is 24.7 Å². The van der Waals surface area contributed by atoms with E-state index in [1.807, 2.05) is 36.4 Å². The number of carbonyl (C=O) groups excluding carboxylic acids is 2. The average molecular weight is 626 g/mol. The second-order valence-corrected chi connectivity index (χ2v) is 12.8. The summed E-state index contributed by atoms with van der Waals surface area (Å²) >= 11 is 1.32. The lowest BCUT2D eigenvalue weighted by Crippen LogP contribution is -2.43. The molecule has 0 heterocycles. The van der Waals surface area contributed by atoms with Gasteiger partial charge in [-0.3, -0.25) is 4.79 Å². The molecule has 1 amide bonds. The van der Waals surface area contributed by atoms with Gasteiger partial charge in [0.1, 0.15) is 19.3 Å². The fraction of sp³-hybridized carbons (Fsp3) is 0.583. The lowest BCUT2D eigenvalue weighted by molar-refractivity contribution is -0.143. The van der Waals surface area contributed by atoms with Gasteiger partial charge in [0.25, 0.3) is 0 Å². The number of alkyl carbamates (subject to hydrolysis) is 1. The molecular weight excluding hydrogens is 574 g/mol. The number of hydrogen-bond donors (Lipinski definition) is 2. The third-order valence-corrected chi connectivity index (χ3v) is 9.22. The molecule has 44 heavy (non-hydrogen) atoms. The van der Waals surface area contributed by atoms with Crippen LogP contribution >= 0.6 is 11.8 Å². The molecule has 8 heteroatoms. The molecule has 0 aromatic heterocycles. The fourth-order valence-electron chi connectivity index (χ4n) is 5.73. The Bertz CT molecular complexity index is 1110. The van der Waals surface area contributed by atoms with E-state index in [4.69, 9.17) is 9.47 Å². The molecule has 0 aliphatic heterocycles. The normalized spacial score (nSPS) is 12.8. The predicted octanol–water partition coefficient (Wildman–Crippen LogP) is 8.74. The average Bonchev–Trinajstić information content (AvgIpc) is 3.35. The Balaban J connectivity index is 1.21. The van der Waals surface area contributed by atoms with E-state index < -0.39 is 18.1 Å². The lowest BCUT2D eigenvalue weighted by Gasteiger charge is -2.17. The molecule has 2 aromatic carbocycles. The maximum atomic E-state index is 12.5. The van der Waals surface area contributed by atoms with Crippen molar-refractivity contribution in [2.45, 2.75) is 109 Å². The Labute approximate surface area is 267 Å². The molecule has 0 saturated carbocycles. The van der Waals surface area contributed by atoms with E-state index >= 15 is 0 Å². The number of aliphatic carboxylic acids is 1. The molecule has 1 aliphatic carbocycles. The Hall–Kier alpha value is -3.00. The quantitative estimate of drug-likeness (QED) is 0.0940. The summed E-state index contributed by atoms with van der Waals surface area (Å²) in [6.07, 6.45) is 16.0. The van der Waals surface area contributed by atoms with Crippen LogP contribution in [0, 0.1) is 0 Å². The third-order valence-electron chi connectivity index (χ3n) is 8.19. The van der Waals surface area contributed by atoms with Crippen LogP contribution in [0.1, 0.15) is 114 Å². The van der Waals surface area contributed by atoms with Gasteiger partial charge < -0.3 is 19.9 Å². The first-order chi connectivity index (χ1) is 21.5. The Morgan fingerprint density at radius 3 is 1.84 bits per heavy atom. The van der Waals surface area contributed by atoms with Crippen molar-refractivity contribution in [3.63, 3.8) is 0 Å². The van der Waals surface area contributed by atoms with E-state index in [9.17, 15) is 19.5 Å². The van der Waals surface area contributed by atoms with Crippen molar-refractivity contribution >= 4 is 29.8 Å².